The van der Waals surface area contributed by atoms with Crippen molar-refractivity contribution in [3.63, 3.8) is 0 Å². The predicted octanol–water partition coefficient (Wildman–Crippen LogP) is 1.20. The third-order valence-electron chi connectivity index (χ3n) is 2.18. The van der Waals surface area contributed by atoms with Gasteiger partial charge in [-0.05, 0) is 19.3 Å². The SMILES string of the molecule is CCC(O)N1CCCCC1. The van der Waals surface area contributed by atoms with Gasteiger partial charge in [0.25, 0.3) is 0 Å². The summed E-state index contributed by atoms with van der Waals surface area (Å²) in [6, 6.07) is 0. The minimum atomic E-state index is -0.180. The highest BCUT2D eigenvalue weighted by molar-refractivity contribution is 4.65. The van der Waals surface area contributed by atoms with E-state index in [2.05, 4.69) is 4.90 Å². The van der Waals surface area contributed by atoms with Crippen LogP contribution in [0.25, 0.3) is 0 Å². The summed E-state index contributed by atoms with van der Waals surface area (Å²) in [5.41, 5.74) is 0. The Kier molecular flexibility index (Phi) is 3.16. The Bertz CT molecular complexity index is 89.3. The van der Waals surface area contributed by atoms with Crippen LogP contribution in [0.1, 0.15) is 32.6 Å². The van der Waals surface area contributed by atoms with Crippen molar-refractivity contribution < 1.29 is 5.11 Å². The molecule has 0 aromatic rings. The molecule has 1 heterocycles. The van der Waals surface area contributed by atoms with Gasteiger partial charge < -0.3 is 5.11 Å². The van der Waals surface area contributed by atoms with E-state index < -0.39 is 0 Å². The fourth-order valence-corrected chi connectivity index (χ4v) is 1.47. The van der Waals surface area contributed by atoms with Crippen molar-refractivity contribution in [3.8, 4) is 0 Å². The summed E-state index contributed by atoms with van der Waals surface area (Å²) >= 11 is 0. The van der Waals surface area contributed by atoms with E-state index in [1.54, 1.807) is 0 Å². The molecule has 0 spiro atoms. The van der Waals surface area contributed by atoms with Gasteiger partial charge in [0.15, 0.2) is 0 Å². The van der Waals surface area contributed by atoms with Crippen LogP contribution in [-0.2, 0) is 0 Å². The first-order valence-electron chi connectivity index (χ1n) is 4.26. The van der Waals surface area contributed by atoms with Crippen LogP contribution in [0.4, 0.5) is 0 Å². The van der Waals surface area contributed by atoms with Gasteiger partial charge in [0.05, 0.1) is 0 Å². The highest BCUT2D eigenvalue weighted by Crippen LogP contribution is 2.11. The number of aliphatic hydroxyl groups excluding tert-OH is 1. The first kappa shape index (κ1) is 8.02. The second kappa shape index (κ2) is 3.94. The van der Waals surface area contributed by atoms with Gasteiger partial charge in [-0.25, -0.2) is 0 Å². The predicted molar refractivity (Wildman–Crippen MR) is 41.7 cm³/mol. The van der Waals surface area contributed by atoms with Crippen molar-refractivity contribution in [2.75, 3.05) is 13.1 Å². The molecule has 1 aliphatic rings. The van der Waals surface area contributed by atoms with E-state index in [0.29, 0.717) is 0 Å². The standard InChI is InChI=1S/C8H17NO/c1-2-8(10)9-6-4-3-5-7-9/h8,10H,2-7H2,1H3. The van der Waals surface area contributed by atoms with E-state index in [-0.39, 0.29) is 6.23 Å². The maximum atomic E-state index is 9.41. The number of likely N-dealkylation sites (tertiary alicyclic amines) is 1. The largest absolute Gasteiger partial charge is 0.378 e. The van der Waals surface area contributed by atoms with E-state index in [4.69, 9.17) is 0 Å². The third kappa shape index (κ3) is 1.96. The Balaban J connectivity index is 2.24. The molecule has 0 aliphatic carbocycles. The highest BCUT2D eigenvalue weighted by atomic mass is 16.3. The zero-order valence-electron chi connectivity index (χ0n) is 6.71. The zero-order valence-corrected chi connectivity index (χ0v) is 6.71. The summed E-state index contributed by atoms with van der Waals surface area (Å²) in [5.74, 6) is 0. The van der Waals surface area contributed by atoms with Gasteiger partial charge in [0.2, 0.25) is 0 Å². The van der Waals surface area contributed by atoms with Crippen LogP contribution in [0.3, 0.4) is 0 Å². The molecule has 0 aromatic heterocycles. The number of hydrogen-bond acceptors (Lipinski definition) is 2. The molecule has 0 radical (unpaired) electrons. The van der Waals surface area contributed by atoms with Gasteiger partial charge in [-0.3, -0.25) is 4.90 Å². The monoisotopic (exact) mass is 143 g/mol. The molecule has 1 aliphatic heterocycles. The summed E-state index contributed by atoms with van der Waals surface area (Å²) in [7, 11) is 0. The minimum absolute atomic E-state index is 0.180. The lowest BCUT2D eigenvalue weighted by atomic mass is 10.1. The van der Waals surface area contributed by atoms with Gasteiger partial charge in [0.1, 0.15) is 6.23 Å². The van der Waals surface area contributed by atoms with Crippen LogP contribution >= 0.6 is 0 Å². The maximum Gasteiger partial charge on any atom is 0.107 e. The van der Waals surface area contributed by atoms with Gasteiger partial charge in [-0.2, -0.15) is 0 Å². The molecule has 1 N–H and O–H groups in total. The lowest BCUT2D eigenvalue weighted by Crippen LogP contribution is -2.38. The molecule has 2 nitrogen and oxygen atoms in total. The molecule has 1 unspecified atom stereocenters. The van der Waals surface area contributed by atoms with Crippen molar-refractivity contribution in [2.24, 2.45) is 0 Å². The third-order valence-corrected chi connectivity index (χ3v) is 2.18. The van der Waals surface area contributed by atoms with E-state index in [1.807, 2.05) is 6.92 Å². The molecule has 0 amide bonds. The van der Waals surface area contributed by atoms with Crippen molar-refractivity contribution in [1.29, 1.82) is 0 Å². The lowest BCUT2D eigenvalue weighted by Gasteiger charge is -2.30. The van der Waals surface area contributed by atoms with E-state index in [1.165, 1.54) is 19.3 Å². The fraction of sp³-hybridized carbons (Fsp3) is 1.00. The van der Waals surface area contributed by atoms with Gasteiger partial charge in [-0.1, -0.05) is 13.3 Å². The van der Waals surface area contributed by atoms with Crippen molar-refractivity contribution in [1.82, 2.24) is 4.90 Å². The van der Waals surface area contributed by atoms with E-state index in [0.717, 1.165) is 19.5 Å². The zero-order chi connectivity index (χ0) is 7.40. The molecule has 0 aromatic carbocycles. The fourth-order valence-electron chi connectivity index (χ4n) is 1.47. The number of hydrogen-bond donors (Lipinski definition) is 1. The lowest BCUT2D eigenvalue weighted by molar-refractivity contribution is -0.00986. The second-order valence-electron chi connectivity index (χ2n) is 2.99. The van der Waals surface area contributed by atoms with E-state index in [9.17, 15) is 5.11 Å². The normalized spacial score (nSPS) is 24.6. The Hall–Kier alpha value is -0.0800. The summed E-state index contributed by atoms with van der Waals surface area (Å²) in [6.07, 6.45) is 4.54. The van der Waals surface area contributed by atoms with Gasteiger partial charge >= 0.3 is 0 Å². The van der Waals surface area contributed by atoms with Crippen LogP contribution in [0.2, 0.25) is 0 Å². The second-order valence-corrected chi connectivity index (χ2v) is 2.99. The molecule has 1 atom stereocenters. The average molecular weight is 143 g/mol. The smallest absolute Gasteiger partial charge is 0.107 e. The molecule has 1 saturated heterocycles. The molecular weight excluding hydrogens is 126 g/mol. The Morgan fingerprint density at radius 1 is 1.30 bits per heavy atom. The molecule has 2 heteroatoms. The number of piperidine rings is 1. The van der Waals surface area contributed by atoms with Crippen molar-refractivity contribution in [3.05, 3.63) is 0 Å². The maximum absolute atomic E-state index is 9.41. The Morgan fingerprint density at radius 2 is 1.90 bits per heavy atom. The highest BCUT2D eigenvalue weighted by Gasteiger charge is 2.15. The molecule has 0 saturated carbocycles. The summed E-state index contributed by atoms with van der Waals surface area (Å²) in [4.78, 5) is 2.17. The van der Waals surface area contributed by atoms with Crippen LogP contribution in [0.5, 0.6) is 0 Å². The number of rotatable bonds is 2. The van der Waals surface area contributed by atoms with Crippen molar-refractivity contribution in [2.45, 2.75) is 38.8 Å². The molecule has 0 bridgehead atoms. The first-order chi connectivity index (χ1) is 4.84. The van der Waals surface area contributed by atoms with E-state index >= 15 is 0 Å². The summed E-state index contributed by atoms with van der Waals surface area (Å²) < 4.78 is 0. The van der Waals surface area contributed by atoms with Crippen LogP contribution in [0.15, 0.2) is 0 Å². The first-order valence-corrected chi connectivity index (χ1v) is 4.26. The average Bonchev–Trinajstić information content (AvgIpc) is 2.05. The Morgan fingerprint density at radius 3 is 2.40 bits per heavy atom. The quantitative estimate of drug-likeness (QED) is 0.628. The number of nitrogens with zero attached hydrogens (tertiary/aromatic N) is 1. The topological polar surface area (TPSA) is 23.5 Å². The minimum Gasteiger partial charge on any atom is -0.378 e. The van der Waals surface area contributed by atoms with Gasteiger partial charge in [0, 0.05) is 13.1 Å². The van der Waals surface area contributed by atoms with Crippen molar-refractivity contribution >= 4 is 0 Å². The van der Waals surface area contributed by atoms with Crippen LogP contribution in [-0.4, -0.2) is 29.3 Å². The molecule has 60 valence electrons. The molecular formula is C8H17NO. The summed E-state index contributed by atoms with van der Waals surface area (Å²) in [5, 5.41) is 9.41. The summed E-state index contributed by atoms with van der Waals surface area (Å²) in [6.45, 7) is 4.21. The number of aliphatic hydroxyl groups is 1. The molecule has 1 rings (SSSR count). The van der Waals surface area contributed by atoms with Crippen LogP contribution in [0, 0.1) is 0 Å². The Labute approximate surface area is 62.8 Å². The van der Waals surface area contributed by atoms with Crippen LogP contribution < -0.4 is 0 Å². The molecule has 1 fully saturated rings. The van der Waals surface area contributed by atoms with Gasteiger partial charge in [-0.15, -0.1) is 0 Å². The molecule has 10 heavy (non-hydrogen) atoms.